The predicted octanol–water partition coefficient (Wildman–Crippen LogP) is 19.4. The third-order valence-corrected chi connectivity index (χ3v) is 21.2. The largest absolute Gasteiger partial charge is 0.388 e. The fourth-order valence-electron chi connectivity index (χ4n) is 18.1. The first-order valence-corrected chi connectivity index (χ1v) is 30.5. The second kappa shape index (κ2) is 17.1. The Balaban J connectivity index is 1.02. The zero-order valence-corrected chi connectivity index (χ0v) is 45.0. The first-order valence-electron chi connectivity index (χ1n) is 30.5. The first-order chi connectivity index (χ1) is 37.0. The second-order valence-electron chi connectivity index (χ2n) is 25.0. The van der Waals surface area contributed by atoms with E-state index in [0.717, 1.165) is 49.7 Å². The van der Waals surface area contributed by atoms with Crippen LogP contribution >= 0.6 is 0 Å². The van der Waals surface area contributed by atoms with Gasteiger partial charge in [0.05, 0.1) is 24.4 Å². The Labute approximate surface area is 444 Å². The molecule has 2 bridgehead atoms. The molecule has 1 fully saturated rings. The van der Waals surface area contributed by atoms with E-state index in [4.69, 9.17) is 4.74 Å². The van der Waals surface area contributed by atoms with E-state index >= 15 is 0 Å². The quantitative estimate of drug-likeness (QED) is 0.0748. The Kier molecular flexibility index (Phi) is 10.4. The van der Waals surface area contributed by atoms with Gasteiger partial charge >= 0.3 is 0 Å². The smallest absolute Gasteiger partial charge is 0.0915 e. The summed E-state index contributed by atoms with van der Waals surface area (Å²) in [4.78, 5) is 0. The van der Waals surface area contributed by atoms with Gasteiger partial charge in [-0.25, -0.2) is 0 Å². The number of aliphatic hydroxyl groups is 2. The number of aliphatic hydroxyl groups excluding tert-OH is 2. The summed E-state index contributed by atoms with van der Waals surface area (Å²) in [6.45, 7) is 9.28. The standard InChI is InChI=1S/C72H74O3/c1-5-9-13-17-21-37-49-33-53-43-27-31-47-60-48-32-28-44(58(43)60)54(53)34-50(49)38(22-18-14-10-6-2)62-61(37)69(73)63-45-29-25-41-55-35-51-39(23-19-15-11-7-3)65-66(72-68(48)67(47)71(65)75-72)40(24-20-16-12-8-4)52(51)36-56(55)42-26-30-46(59(45)57(41)42)64(63)70(62)74/h25-36,63-64,67-74H,5-24H2,1-4H3/t63-,64+,67-,68+,69-,70+,71-,72+. The molecule has 8 atom stereocenters. The summed E-state index contributed by atoms with van der Waals surface area (Å²) in [6, 6.07) is 30.2. The van der Waals surface area contributed by atoms with E-state index in [0.29, 0.717) is 11.8 Å². The topological polar surface area (TPSA) is 49.7 Å². The van der Waals surface area contributed by atoms with Crippen LogP contribution in [0.25, 0.3) is 87.6 Å². The molecule has 3 nitrogen and oxygen atoms in total. The highest BCUT2D eigenvalue weighted by atomic mass is 16.5. The highest BCUT2D eigenvalue weighted by molar-refractivity contribution is 6.22. The van der Waals surface area contributed by atoms with Gasteiger partial charge in [-0.05, 0) is 230 Å². The molecule has 8 aromatic rings. The summed E-state index contributed by atoms with van der Waals surface area (Å²) in [7, 11) is 0. The molecule has 75 heavy (non-hydrogen) atoms. The molecule has 0 unspecified atom stereocenters. The minimum absolute atomic E-state index is 0.0449. The molecule has 0 amide bonds. The van der Waals surface area contributed by atoms with Crippen molar-refractivity contribution in [3.05, 3.63) is 140 Å². The first kappa shape index (κ1) is 45.8. The van der Waals surface area contributed by atoms with Crippen LogP contribution in [0.3, 0.4) is 0 Å². The number of fused-ring (bicyclic) bond motifs is 22. The lowest BCUT2D eigenvalue weighted by Crippen LogP contribution is -2.30. The zero-order valence-electron chi connectivity index (χ0n) is 45.0. The van der Waals surface area contributed by atoms with Crippen molar-refractivity contribution in [2.45, 2.75) is 204 Å². The highest BCUT2D eigenvalue weighted by Crippen LogP contribution is 2.73. The average Bonchev–Trinajstić information content (AvgIpc) is 4.40. The summed E-state index contributed by atoms with van der Waals surface area (Å²) >= 11 is 0. The van der Waals surface area contributed by atoms with Gasteiger partial charge in [-0.15, -0.1) is 0 Å². The number of aryl methyl sites for hydroxylation is 4. The molecule has 3 heteroatoms. The van der Waals surface area contributed by atoms with Crippen LogP contribution in [0.15, 0.2) is 72.8 Å². The van der Waals surface area contributed by atoms with Crippen molar-refractivity contribution in [1.82, 2.24) is 0 Å². The third-order valence-electron chi connectivity index (χ3n) is 21.2. The zero-order chi connectivity index (χ0) is 50.1. The normalized spacial score (nSPS) is 23.3. The lowest BCUT2D eigenvalue weighted by molar-refractivity contribution is 0.0523. The van der Waals surface area contributed by atoms with Crippen LogP contribution in [0.4, 0.5) is 0 Å². The summed E-state index contributed by atoms with van der Waals surface area (Å²) in [5, 5.41) is 38.5. The lowest BCUT2D eigenvalue weighted by atomic mass is 9.66. The van der Waals surface area contributed by atoms with Gasteiger partial charge in [0.2, 0.25) is 0 Å². The van der Waals surface area contributed by atoms with Crippen molar-refractivity contribution in [2.75, 3.05) is 0 Å². The van der Waals surface area contributed by atoms with E-state index in [1.165, 1.54) is 211 Å². The number of benzene rings is 8. The average molecular weight is 987 g/mol. The molecule has 380 valence electrons. The van der Waals surface area contributed by atoms with E-state index in [9.17, 15) is 10.2 Å². The van der Waals surface area contributed by atoms with Crippen LogP contribution in [-0.2, 0) is 30.4 Å². The SMILES string of the molecule is CCCCCCc1c2c3c(CCCCCC)c4cc5c(cc14)-c1ccc4c6c(ccc-5c16)[C@H]1[C@@H]4[C@@H]4O[C@H]1c1c4c(CCCCCC)c4cc5c(cc4c1CCCCCC)-c1ccc4c6c(ccc-5c16)[C@H]([C@H]4[C@H]3O)[C@@H]2O. The summed E-state index contributed by atoms with van der Waals surface area (Å²) in [5.41, 5.74) is 27.2. The van der Waals surface area contributed by atoms with Crippen molar-refractivity contribution in [3.63, 3.8) is 0 Å². The van der Waals surface area contributed by atoms with E-state index in [-0.39, 0.29) is 24.0 Å². The fraction of sp³-hybridized carbons (Fsp3) is 0.444. The van der Waals surface area contributed by atoms with Crippen molar-refractivity contribution in [1.29, 1.82) is 0 Å². The molecule has 0 saturated carbocycles. The molecule has 8 aromatic carbocycles. The second-order valence-corrected chi connectivity index (χ2v) is 25.0. The van der Waals surface area contributed by atoms with Gasteiger partial charge in [0.1, 0.15) is 0 Å². The Morgan fingerprint density at radius 1 is 0.320 bits per heavy atom. The highest BCUT2D eigenvalue weighted by Gasteiger charge is 2.59. The van der Waals surface area contributed by atoms with Gasteiger partial charge in [-0.3, -0.25) is 0 Å². The number of rotatable bonds is 20. The van der Waals surface area contributed by atoms with E-state index < -0.39 is 12.2 Å². The monoisotopic (exact) mass is 987 g/mol. The van der Waals surface area contributed by atoms with Crippen LogP contribution in [0.5, 0.6) is 0 Å². The molecule has 7 aliphatic rings. The van der Waals surface area contributed by atoms with Crippen molar-refractivity contribution in [2.24, 2.45) is 0 Å². The van der Waals surface area contributed by atoms with Crippen LogP contribution in [-0.4, -0.2) is 10.2 Å². The molecular weight excluding hydrogens is 913 g/mol. The number of hydrogen-bond donors (Lipinski definition) is 2. The molecule has 0 spiro atoms. The van der Waals surface area contributed by atoms with Gasteiger partial charge in [0.15, 0.2) is 0 Å². The molecular formula is C72H74O3. The van der Waals surface area contributed by atoms with E-state index in [1.54, 1.807) is 22.3 Å². The van der Waals surface area contributed by atoms with Crippen LogP contribution < -0.4 is 0 Å². The molecule has 1 saturated heterocycles. The third kappa shape index (κ3) is 5.94. The molecule has 0 radical (unpaired) electrons. The maximum Gasteiger partial charge on any atom is 0.0915 e. The van der Waals surface area contributed by atoms with E-state index in [2.05, 4.69) is 100 Å². The molecule has 15 rings (SSSR count). The van der Waals surface area contributed by atoms with Crippen molar-refractivity contribution < 1.29 is 14.9 Å². The number of hydrogen-bond acceptors (Lipinski definition) is 3. The predicted molar refractivity (Wildman–Crippen MR) is 311 cm³/mol. The molecule has 2 heterocycles. The summed E-state index contributed by atoms with van der Waals surface area (Å²) in [5.74, 6) is 0.144. The van der Waals surface area contributed by atoms with Crippen LogP contribution in [0.2, 0.25) is 0 Å². The number of ether oxygens (including phenoxy) is 1. The molecule has 0 aromatic heterocycles. The fourth-order valence-corrected chi connectivity index (χ4v) is 18.1. The Morgan fingerprint density at radius 3 is 0.920 bits per heavy atom. The molecule has 2 aliphatic heterocycles. The van der Waals surface area contributed by atoms with Gasteiger partial charge < -0.3 is 14.9 Å². The van der Waals surface area contributed by atoms with Gasteiger partial charge in [0, 0.05) is 23.7 Å². The molecule has 2 N–H and O–H groups in total. The van der Waals surface area contributed by atoms with Crippen LogP contribution in [0, 0.1) is 0 Å². The van der Waals surface area contributed by atoms with Gasteiger partial charge in [0.25, 0.3) is 0 Å². The minimum Gasteiger partial charge on any atom is -0.388 e. The number of unbranched alkanes of at least 4 members (excludes halogenated alkanes) is 12. The maximum atomic E-state index is 13.7. The van der Waals surface area contributed by atoms with Gasteiger partial charge in [-0.1, -0.05) is 153 Å². The van der Waals surface area contributed by atoms with Crippen molar-refractivity contribution in [3.8, 4) is 44.5 Å². The Morgan fingerprint density at radius 2 is 0.613 bits per heavy atom. The van der Waals surface area contributed by atoms with Gasteiger partial charge in [-0.2, -0.15) is 0 Å². The molecule has 5 aliphatic carbocycles. The lowest BCUT2D eigenvalue weighted by Gasteiger charge is -2.41. The van der Waals surface area contributed by atoms with E-state index in [1.807, 2.05) is 0 Å². The summed E-state index contributed by atoms with van der Waals surface area (Å²) < 4.78 is 7.66. The maximum absolute atomic E-state index is 13.7. The van der Waals surface area contributed by atoms with Crippen LogP contribution in [0.1, 0.15) is 245 Å². The Hall–Kier alpha value is -5.32. The Bertz CT molecular complexity index is 3560. The van der Waals surface area contributed by atoms with Crippen molar-refractivity contribution >= 4 is 43.1 Å². The summed E-state index contributed by atoms with van der Waals surface area (Å²) in [6.07, 6.45) is 21.8. The minimum atomic E-state index is -0.724.